The van der Waals surface area contributed by atoms with Crippen LogP contribution in [0, 0.1) is 0 Å². The van der Waals surface area contributed by atoms with Gasteiger partial charge < -0.3 is 7.85 Å². The van der Waals surface area contributed by atoms with Crippen LogP contribution in [-0.4, -0.2) is 7.85 Å². The maximum Gasteiger partial charge on any atom is 0.0450 e. The second-order valence-electron chi connectivity index (χ2n) is 5.90. The van der Waals surface area contributed by atoms with Gasteiger partial charge >= 0.3 is 0 Å². The molecule has 0 saturated carbocycles. The Kier molecular flexibility index (Phi) is 4.97. The monoisotopic (exact) mass is 296 g/mol. The molecule has 3 radical (unpaired) electrons. The number of hydrogen-bond acceptors (Lipinski definition) is 0. The quantitative estimate of drug-likeness (QED) is 0.423. The molecule has 0 heterocycles. The zero-order valence-corrected chi connectivity index (χ0v) is 13.4. The zero-order valence-electron chi connectivity index (χ0n) is 13.4. The lowest BCUT2D eigenvalue weighted by Gasteiger charge is -2.37. The minimum Gasteiger partial charge on any atom is -0.626 e. The normalized spacial score (nSPS) is 11.3. The molecule has 0 fully saturated rings. The first-order valence-corrected chi connectivity index (χ1v) is 8.24. The standard InChI is InChI=1S/C22H21B/c23-18-10-17-22(19-11-4-1-5-12-19,20-13-6-2-7-14-20)21-15-8-3-9-16-21/h1-9,11-16H,10,17-18H2/q-1. The molecule has 0 nitrogen and oxygen atoms in total. The number of benzene rings is 3. The van der Waals surface area contributed by atoms with Crippen LogP contribution in [0.5, 0.6) is 0 Å². The van der Waals surface area contributed by atoms with Crippen LogP contribution in [0.2, 0.25) is 6.32 Å². The highest BCUT2D eigenvalue weighted by Crippen LogP contribution is 2.43. The van der Waals surface area contributed by atoms with Crippen LogP contribution >= 0.6 is 0 Å². The van der Waals surface area contributed by atoms with Crippen molar-refractivity contribution in [3.63, 3.8) is 0 Å². The summed E-state index contributed by atoms with van der Waals surface area (Å²) >= 11 is 0. The molecular weight excluding hydrogens is 275 g/mol. The smallest absolute Gasteiger partial charge is 0.0450 e. The molecule has 0 spiro atoms. The van der Waals surface area contributed by atoms with E-state index < -0.39 is 0 Å². The molecule has 0 aliphatic carbocycles. The van der Waals surface area contributed by atoms with E-state index in [4.69, 9.17) is 7.85 Å². The third-order valence-electron chi connectivity index (χ3n) is 4.56. The first-order valence-electron chi connectivity index (χ1n) is 8.24. The van der Waals surface area contributed by atoms with Gasteiger partial charge in [0.05, 0.1) is 0 Å². The largest absolute Gasteiger partial charge is 0.626 e. The summed E-state index contributed by atoms with van der Waals surface area (Å²) in [5.41, 5.74) is 3.82. The summed E-state index contributed by atoms with van der Waals surface area (Å²) in [6, 6.07) is 32.4. The molecule has 3 rings (SSSR count). The number of hydrogen-bond donors (Lipinski definition) is 0. The molecule has 0 bridgehead atoms. The molecule has 0 aliphatic heterocycles. The highest BCUT2D eigenvalue weighted by Gasteiger charge is 2.34. The summed E-state index contributed by atoms with van der Waals surface area (Å²) in [7, 11) is 5.87. The molecule has 0 saturated heterocycles. The molecule has 0 aromatic heterocycles. The predicted molar refractivity (Wildman–Crippen MR) is 99.0 cm³/mol. The first kappa shape index (κ1) is 15.6. The van der Waals surface area contributed by atoms with Gasteiger partial charge in [-0.3, -0.25) is 6.32 Å². The molecule has 113 valence electrons. The lowest BCUT2D eigenvalue weighted by Crippen LogP contribution is -2.29. The fraction of sp³-hybridized carbons (Fsp3) is 0.182. The van der Waals surface area contributed by atoms with E-state index in [1.165, 1.54) is 16.7 Å². The Balaban J connectivity index is 2.25. The lowest BCUT2D eigenvalue weighted by atomic mass is 9.66. The lowest BCUT2D eigenvalue weighted by molar-refractivity contribution is 0.550. The summed E-state index contributed by atoms with van der Waals surface area (Å²) in [4.78, 5) is 0. The van der Waals surface area contributed by atoms with E-state index in [0.29, 0.717) is 6.32 Å². The van der Waals surface area contributed by atoms with E-state index >= 15 is 0 Å². The van der Waals surface area contributed by atoms with Crippen molar-refractivity contribution in [3.05, 3.63) is 108 Å². The van der Waals surface area contributed by atoms with Gasteiger partial charge in [-0.25, -0.2) is 0 Å². The molecule has 0 atom stereocenters. The second kappa shape index (κ2) is 7.33. The van der Waals surface area contributed by atoms with E-state index in [2.05, 4.69) is 91.0 Å². The van der Waals surface area contributed by atoms with E-state index in [1.807, 2.05) is 0 Å². The van der Waals surface area contributed by atoms with Crippen molar-refractivity contribution in [3.8, 4) is 0 Å². The highest BCUT2D eigenvalue weighted by molar-refractivity contribution is 6.08. The van der Waals surface area contributed by atoms with Crippen LogP contribution in [0.15, 0.2) is 91.0 Å². The van der Waals surface area contributed by atoms with Gasteiger partial charge in [-0.2, -0.15) is 0 Å². The van der Waals surface area contributed by atoms with Crippen LogP contribution in [0.1, 0.15) is 29.5 Å². The van der Waals surface area contributed by atoms with Crippen LogP contribution in [-0.2, 0) is 5.41 Å². The van der Waals surface area contributed by atoms with Gasteiger partial charge in [0.1, 0.15) is 0 Å². The molecular formula is C22H21B-. The van der Waals surface area contributed by atoms with E-state index in [1.54, 1.807) is 0 Å². The second-order valence-corrected chi connectivity index (χ2v) is 5.90. The fourth-order valence-corrected chi connectivity index (χ4v) is 3.47. The van der Waals surface area contributed by atoms with Gasteiger partial charge in [-0.15, -0.1) is 0 Å². The van der Waals surface area contributed by atoms with Crippen LogP contribution in [0.25, 0.3) is 0 Å². The number of rotatable bonds is 6. The average Bonchev–Trinajstić information content (AvgIpc) is 2.65. The Bertz CT molecular complexity index is 608. The van der Waals surface area contributed by atoms with Crippen molar-refractivity contribution in [2.45, 2.75) is 24.6 Å². The Hall–Kier alpha value is -2.28. The van der Waals surface area contributed by atoms with Crippen molar-refractivity contribution in [1.29, 1.82) is 0 Å². The molecule has 1 heteroatoms. The summed E-state index contributed by atoms with van der Waals surface area (Å²) < 4.78 is 0. The van der Waals surface area contributed by atoms with Crippen molar-refractivity contribution in [1.82, 2.24) is 0 Å². The molecule has 0 unspecified atom stereocenters. The maximum absolute atomic E-state index is 5.87. The fourth-order valence-electron chi connectivity index (χ4n) is 3.47. The Morgan fingerprint density at radius 3 is 1.22 bits per heavy atom. The van der Waals surface area contributed by atoms with Gasteiger partial charge in [-0.05, 0) is 23.1 Å². The van der Waals surface area contributed by atoms with Crippen molar-refractivity contribution in [2.75, 3.05) is 0 Å². The topological polar surface area (TPSA) is 0 Å². The summed E-state index contributed by atoms with van der Waals surface area (Å²) in [6.45, 7) is 0. The maximum atomic E-state index is 5.87. The predicted octanol–water partition coefficient (Wildman–Crippen LogP) is 5.39. The summed E-state index contributed by atoms with van der Waals surface area (Å²) in [5, 5.41) is 0. The van der Waals surface area contributed by atoms with Crippen molar-refractivity contribution >= 4 is 7.85 Å². The van der Waals surface area contributed by atoms with Crippen LogP contribution in [0.4, 0.5) is 0 Å². The third-order valence-corrected chi connectivity index (χ3v) is 4.56. The van der Waals surface area contributed by atoms with Gasteiger partial charge in [0.2, 0.25) is 0 Å². The highest BCUT2D eigenvalue weighted by atomic mass is 14.4. The van der Waals surface area contributed by atoms with E-state index in [-0.39, 0.29) is 5.41 Å². The van der Waals surface area contributed by atoms with Gasteiger partial charge in [-0.1, -0.05) is 97.4 Å². The average molecular weight is 296 g/mol. The third kappa shape index (κ3) is 3.10. The first-order chi connectivity index (χ1) is 11.4. The minimum atomic E-state index is -0.150. The SMILES string of the molecule is [B-]CCCC(c1ccccc1)(c1ccccc1)c1ccccc1. The molecule has 3 aromatic carbocycles. The summed E-state index contributed by atoms with van der Waals surface area (Å²) in [5.74, 6) is 0. The zero-order chi connectivity index (χ0) is 16.0. The Morgan fingerprint density at radius 2 is 0.913 bits per heavy atom. The van der Waals surface area contributed by atoms with Crippen molar-refractivity contribution in [2.24, 2.45) is 0 Å². The van der Waals surface area contributed by atoms with Crippen LogP contribution in [0.3, 0.4) is 0 Å². The minimum absolute atomic E-state index is 0.150. The van der Waals surface area contributed by atoms with Gasteiger partial charge in [0.15, 0.2) is 0 Å². The molecule has 0 aliphatic rings. The Labute approximate surface area is 140 Å². The van der Waals surface area contributed by atoms with Gasteiger partial charge in [0, 0.05) is 5.41 Å². The molecule has 0 amide bonds. The van der Waals surface area contributed by atoms with E-state index in [0.717, 1.165) is 12.8 Å². The molecule has 3 aromatic rings. The molecule has 23 heavy (non-hydrogen) atoms. The van der Waals surface area contributed by atoms with E-state index in [9.17, 15) is 0 Å². The summed E-state index contributed by atoms with van der Waals surface area (Å²) in [6.07, 6.45) is 2.69. The Morgan fingerprint density at radius 1 is 0.565 bits per heavy atom. The van der Waals surface area contributed by atoms with Crippen LogP contribution < -0.4 is 0 Å². The molecule has 0 N–H and O–H groups in total. The van der Waals surface area contributed by atoms with Crippen molar-refractivity contribution < 1.29 is 0 Å². The van der Waals surface area contributed by atoms with Gasteiger partial charge in [0.25, 0.3) is 0 Å².